The second kappa shape index (κ2) is 7.54. The molecule has 1 unspecified atom stereocenters. The third kappa shape index (κ3) is 4.28. The number of nitrogens with one attached hydrogen (secondary N) is 2. The van der Waals surface area contributed by atoms with Gasteiger partial charge in [-0.05, 0) is 24.3 Å². The van der Waals surface area contributed by atoms with Crippen molar-refractivity contribution < 1.29 is 14.1 Å². The fourth-order valence-corrected chi connectivity index (χ4v) is 2.34. The molecule has 1 fully saturated rings. The first-order chi connectivity index (χ1) is 11.2. The first-order valence-corrected chi connectivity index (χ1v) is 7.79. The average Bonchev–Trinajstić information content (AvgIpc) is 3.05. The Kier molecular flexibility index (Phi) is 5.22. The summed E-state index contributed by atoms with van der Waals surface area (Å²) in [6.45, 7) is 2.28. The molecule has 1 aliphatic heterocycles. The summed E-state index contributed by atoms with van der Waals surface area (Å²) in [5, 5.41) is 10.5. The van der Waals surface area contributed by atoms with Gasteiger partial charge in [-0.3, -0.25) is 4.79 Å². The number of rotatable bonds is 5. The number of aromatic nitrogens is 2. The van der Waals surface area contributed by atoms with E-state index in [9.17, 15) is 4.79 Å². The monoisotopic (exact) mass is 336 g/mol. The zero-order valence-corrected chi connectivity index (χ0v) is 13.2. The van der Waals surface area contributed by atoms with Crippen molar-refractivity contribution in [2.75, 3.05) is 26.2 Å². The van der Waals surface area contributed by atoms with E-state index in [1.54, 1.807) is 12.1 Å². The minimum atomic E-state index is -0.434. The number of amides is 1. The smallest absolute Gasteiger partial charge is 0.250 e. The van der Waals surface area contributed by atoms with E-state index >= 15 is 0 Å². The zero-order valence-electron chi connectivity index (χ0n) is 12.4. The van der Waals surface area contributed by atoms with Crippen molar-refractivity contribution in [3.8, 4) is 11.4 Å². The molecule has 1 aromatic heterocycles. The lowest BCUT2D eigenvalue weighted by molar-refractivity contribution is -0.134. The van der Waals surface area contributed by atoms with Gasteiger partial charge in [0.05, 0.1) is 6.61 Å². The number of halogens is 1. The molecule has 2 heterocycles. The van der Waals surface area contributed by atoms with Gasteiger partial charge in [-0.2, -0.15) is 4.98 Å². The van der Waals surface area contributed by atoms with Crippen molar-refractivity contribution >= 4 is 17.5 Å². The summed E-state index contributed by atoms with van der Waals surface area (Å²) in [5.74, 6) is 0.843. The minimum absolute atomic E-state index is 0.130. The van der Waals surface area contributed by atoms with Gasteiger partial charge in [0.25, 0.3) is 0 Å². The van der Waals surface area contributed by atoms with E-state index in [2.05, 4.69) is 20.8 Å². The summed E-state index contributed by atoms with van der Waals surface area (Å²) in [4.78, 5) is 16.2. The number of carbonyl (C=O) groups excluding carboxylic acids is 1. The molecule has 122 valence electrons. The third-order valence-corrected chi connectivity index (χ3v) is 3.68. The second-order valence-corrected chi connectivity index (χ2v) is 5.56. The summed E-state index contributed by atoms with van der Waals surface area (Å²) < 4.78 is 10.6. The first-order valence-electron chi connectivity index (χ1n) is 7.41. The number of morpholine rings is 1. The van der Waals surface area contributed by atoms with Crippen LogP contribution in [0.5, 0.6) is 0 Å². The quantitative estimate of drug-likeness (QED) is 0.848. The van der Waals surface area contributed by atoms with E-state index in [0.717, 1.165) is 12.1 Å². The summed E-state index contributed by atoms with van der Waals surface area (Å²) in [5.41, 5.74) is 0.829. The Morgan fingerprint density at radius 2 is 2.22 bits per heavy atom. The highest BCUT2D eigenvalue weighted by Gasteiger charge is 2.21. The van der Waals surface area contributed by atoms with E-state index in [4.69, 9.17) is 20.9 Å². The molecule has 2 N–H and O–H groups in total. The molecule has 1 saturated heterocycles. The predicted octanol–water partition coefficient (Wildman–Crippen LogP) is 1.04. The molecule has 1 amide bonds. The largest absolute Gasteiger partial charge is 0.366 e. The maximum atomic E-state index is 11.9. The van der Waals surface area contributed by atoms with E-state index in [1.807, 2.05) is 12.1 Å². The SMILES string of the molecule is O=C(NCCc1nc(-c2ccc(Cl)cc2)no1)C1CNCCO1. The van der Waals surface area contributed by atoms with Gasteiger partial charge in [-0.15, -0.1) is 0 Å². The average molecular weight is 337 g/mol. The fourth-order valence-electron chi connectivity index (χ4n) is 2.21. The number of hydrogen-bond acceptors (Lipinski definition) is 6. The molecule has 23 heavy (non-hydrogen) atoms. The Labute approximate surface area is 138 Å². The standard InChI is InChI=1S/C15H17ClN4O3/c16-11-3-1-10(2-4-11)14-19-13(23-20-14)5-6-18-15(21)12-9-17-7-8-22-12/h1-4,12,17H,5-9H2,(H,18,21). The molecule has 0 radical (unpaired) electrons. The fraction of sp³-hybridized carbons (Fsp3) is 0.400. The molecule has 0 aliphatic carbocycles. The van der Waals surface area contributed by atoms with E-state index in [-0.39, 0.29) is 5.91 Å². The molecular weight excluding hydrogens is 320 g/mol. The highest BCUT2D eigenvalue weighted by molar-refractivity contribution is 6.30. The molecule has 0 saturated carbocycles. The second-order valence-electron chi connectivity index (χ2n) is 5.12. The van der Waals surface area contributed by atoms with Crippen LogP contribution < -0.4 is 10.6 Å². The Balaban J connectivity index is 1.49. The van der Waals surface area contributed by atoms with Crippen LogP contribution in [-0.2, 0) is 16.0 Å². The van der Waals surface area contributed by atoms with Crippen molar-refractivity contribution in [3.05, 3.63) is 35.2 Å². The Bertz CT molecular complexity index is 653. The van der Waals surface area contributed by atoms with Crippen LogP contribution in [-0.4, -0.2) is 48.4 Å². The third-order valence-electron chi connectivity index (χ3n) is 3.43. The van der Waals surface area contributed by atoms with E-state index in [0.29, 0.717) is 42.9 Å². The van der Waals surface area contributed by atoms with Gasteiger partial charge < -0.3 is 19.9 Å². The Hall–Kier alpha value is -1.96. The van der Waals surface area contributed by atoms with Gasteiger partial charge in [0.1, 0.15) is 6.10 Å². The predicted molar refractivity (Wildman–Crippen MR) is 84.1 cm³/mol. The highest BCUT2D eigenvalue weighted by atomic mass is 35.5. The number of benzene rings is 1. The maximum absolute atomic E-state index is 11.9. The number of hydrogen-bond donors (Lipinski definition) is 2. The van der Waals surface area contributed by atoms with Gasteiger partial charge in [0.15, 0.2) is 0 Å². The van der Waals surface area contributed by atoms with Gasteiger partial charge in [-0.1, -0.05) is 16.8 Å². The van der Waals surface area contributed by atoms with Gasteiger partial charge in [0.2, 0.25) is 17.6 Å². The van der Waals surface area contributed by atoms with Crippen LogP contribution in [0.15, 0.2) is 28.8 Å². The van der Waals surface area contributed by atoms with Gasteiger partial charge >= 0.3 is 0 Å². The van der Waals surface area contributed by atoms with E-state index in [1.165, 1.54) is 0 Å². The van der Waals surface area contributed by atoms with Crippen LogP contribution >= 0.6 is 11.6 Å². The highest BCUT2D eigenvalue weighted by Crippen LogP contribution is 2.18. The number of nitrogens with zero attached hydrogens (tertiary/aromatic N) is 2. The lowest BCUT2D eigenvalue weighted by Gasteiger charge is -2.22. The van der Waals surface area contributed by atoms with Crippen LogP contribution in [0.2, 0.25) is 5.02 Å². The minimum Gasteiger partial charge on any atom is -0.366 e. The first kappa shape index (κ1) is 15.9. The normalized spacial score (nSPS) is 17.9. The molecule has 7 nitrogen and oxygen atoms in total. The maximum Gasteiger partial charge on any atom is 0.250 e. The van der Waals surface area contributed by atoms with Crippen molar-refractivity contribution in [3.63, 3.8) is 0 Å². The zero-order chi connectivity index (χ0) is 16.1. The number of carbonyl (C=O) groups is 1. The van der Waals surface area contributed by atoms with Crippen LogP contribution in [0, 0.1) is 0 Å². The molecule has 3 rings (SSSR count). The van der Waals surface area contributed by atoms with Gasteiger partial charge in [0, 0.05) is 36.6 Å². The summed E-state index contributed by atoms with van der Waals surface area (Å²) in [7, 11) is 0. The topological polar surface area (TPSA) is 89.3 Å². The summed E-state index contributed by atoms with van der Waals surface area (Å²) in [6.07, 6.45) is 0.0306. The Morgan fingerprint density at radius 3 is 2.96 bits per heavy atom. The molecule has 1 atom stereocenters. The van der Waals surface area contributed by atoms with Crippen LogP contribution in [0.25, 0.3) is 11.4 Å². The van der Waals surface area contributed by atoms with Crippen molar-refractivity contribution in [1.82, 2.24) is 20.8 Å². The summed E-state index contributed by atoms with van der Waals surface area (Å²) >= 11 is 5.85. The van der Waals surface area contributed by atoms with Crippen molar-refractivity contribution in [2.45, 2.75) is 12.5 Å². The van der Waals surface area contributed by atoms with Crippen LogP contribution in [0.3, 0.4) is 0 Å². The summed E-state index contributed by atoms with van der Waals surface area (Å²) in [6, 6.07) is 7.19. The molecule has 0 spiro atoms. The number of ether oxygens (including phenoxy) is 1. The molecular formula is C15H17ClN4O3. The van der Waals surface area contributed by atoms with Crippen molar-refractivity contribution in [2.24, 2.45) is 0 Å². The molecule has 8 heteroatoms. The van der Waals surface area contributed by atoms with Crippen LogP contribution in [0.1, 0.15) is 5.89 Å². The molecule has 1 aliphatic rings. The Morgan fingerprint density at radius 1 is 1.39 bits per heavy atom. The van der Waals surface area contributed by atoms with Gasteiger partial charge in [-0.25, -0.2) is 0 Å². The lowest BCUT2D eigenvalue weighted by atomic mass is 10.2. The molecule has 1 aromatic carbocycles. The lowest BCUT2D eigenvalue weighted by Crippen LogP contribution is -2.48. The van der Waals surface area contributed by atoms with Crippen molar-refractivity contribution in [1.29, 1.82) is 0 Å². The van der Waals surface area contributed by atoms with E-state index < -0.39 is 6.10 Å². The molecule has 0 bridgehead atoms. The molecule has 2 aromatic rings. The van der Waals surface area contributed by atoms with Crippen LogP contribution in [0.4, 0.5) is 0 Å².